The van der Waals surface area contributed by atoms with E-state index in [2.05, 4.69) is 0 Å². The fourth-order valence-electron chi connectivity index (χ4n) is 4.65. The molecule has 0 atom stereocenters. The number of methoxy groups -OCH3 is 1. The molecule has 2 saturated heterocycles. The van der Waals surface area contributed by atoms with E-state index in [1.807, 2.05) is 4.90 Å². The number of likely N-dealkylation sites (tertiary alicyclic amines) is 1. The average Bonchev–Trinajstić information content (AvgIpc) is 3.29. The minimum Gasteiger partial charge on any atom is -0.497 e. The highest BCUT2D eigenvalue weighted by Gasteiger charge is 2.52. The van der Waals surface area contributed by atoms with E-state index in [1.54, 1.807) is 24.3 Å². The maximum atomic E-state index is 12.9. The summed E-state index contributed by atoms with van der Waals surface area (Å²) in [5.74, 6) is 0.479. The first kappa shape index (κ1) is 20.3. The molecule has 29 heavy (non-hydrogen) atoms. The number of ether oxygens (including phenoxy) is 1. The molecule has 1 aliphatic carbocycles. The molecule has 158 valence electrons. The lowest BCUT2D eigenvalue weighted by Crippen LogP contribution is -2.52. The summed E-state index contributed by atoms with van der Waals surface area (Å²) in [6, 6.07) is 6.35. The lowest BCUT2D eigenvalue weighted by atomic mass is 9.85. The Bertz CT molecular complexity index is 885. The van der Waals surface area contributed by atoms with Gasteiger partial charge in [-0.15, -0.1) is 0 Å². The Hall–Kier alpha value is -1.97. The first-order valence-electron chi connectivity index (χ1n) is 10.1. The maximum absolute atomic E-state index is 12.9. The van der Waals surface area contributed by atoms with Gasteiger partial charge in [-0.05, 0) is 37.1 Å². The summed E-state index contributed by atoms with van der Waals surface area (Å²) >= 11 is 0. The highest BCUT2D eigenvalue weighted by molar-refractivity contribution is 7.89. The highest BCUT2D eigenvalue weighted by atomic mass is 32.2. The van der Waals surface area contributed by atoms with Crippen LogP contribution in [0.25, 0.3) is 0 Å². The van der Waals surface area contributed by atoms with Crippen molar-refractivity contribution in [1.82, 2.24) is 14.1 Å². The maximum Gasteiger partial charge on any atom is 0.243 e. The Morgan fingerprint density at radius 3 is 2.21 bits per heavy atom. The molecular formula is C20H27N3O5S. The molecule has 0 N–H and O–H groups in total. The van der Waals surface area contributed by atoms with Gasteiger partial charge in [-0.2, -0.15) is 4.31 Å². The van der Waals surface area contributed by atoms with Crippen LogP contribution in [0.2, 0.25) is 0 Å². The number of carbonyl (C=O) groups is 2. The fraction of sp³-hybridized carbons (Fsp3) is 0.600. The van der Waals surface area contributed by atoms with Crippen molar-refractivity contribution < 1.29 is 22.7 Å². The number of rotatable bonds is 5. The van der Waals surface area contributed by atoms with Crippen molar-refractivity contribution in [2.75, 3.05) is 40.0 Å². The van der Waals surface area contributed by atoms with Crippen molar-refractivity contribution in [3.63, 3.8) is 0 Å². The number of imide groups is 1. The number of hydrogen-bond acceptors (Lipinski definition) is 6. The highest BCUT2D eigenvalue weighted by Crippen LogP contribution is 2.46. The lowest BCUT2D eigenvalue weighted by molar-refractivity contribution is -0.144. The topological polar surface area (TPSA) is 87.2 Å². The Kier molecular flexibility index (Phi) is 5.39. The molecule has 3 fully saturated rings. The largest absolute Gasteiger partial charge is 0.497 e. The van der Waals surface area contributed by atoms with Crippen LogP contribution in [0.15, 0.2) is 29.2 Å². The van der Waals surface area contributed by atoms with Crippen LogP contribution in [0, 0.1) is 5.41 Å². The molecule has 0 unspecified atom stereocenters. The zero-order chi connectivity index (χ0) is 20.6. The molecule has 2 aliphatic heterocycles. The van der Waals surface area contributed by atoms with E-state index in [4.69, 9.17) is 4.74 Å². The van der Waals surface area contributed by atoms with Gasteiger partial charge < -0.3 is 4.74 Å². The van der Waals surface area contributed by atoms with E-state index in [-0.39, 0.29) is 23.4 Å². The third kappa shape index (κ3) is 3.67. The van der Waals surface area contributed by atoms with Crippen LogP contribution >= 0.6 is 0 Å². The second-order valence-electron chi connectivity index (χ2n) is 8.13. The van der Waals surface area contributed by atoms with Crippen molar-refractivity contribution >= 4 is 21.8 Å². The number of hydrogen-bond donors (Lipinski definition) is 0. The van der Waals surface area contributed by atoms with Crippen molar-refractivity contribution in [3.8, 4) is 5.75 Å². The summed E-state index contributed by atoms with van der Waals surface area (Å²) in [4.78, 5) is 28.9. The van der Waals surface area contributed by atoms with E-state index in [0.717, 1.165) is 25.7 Å². The zero-order valence-corrected chi connectivity index (χ0v) is 17.5. The minimum absolute atomic E-state index is 0.0340. The molecule has 0 radical (unpaired) electrons. The van der Waals surface area contributed by atoms with E-state index in [0.29, 0.717) is 38.3 Å². The van der Waals surface area contributed by atoms with Crippen LogP contribution < -0.4 is 4.74 Å². The van der Waals surface area contributed by atoms with Gasteiger partial charge in [-0.25, -0.2) is 8.42 Å². The second kappa shape index (κ2) is 7.70. The number of amides is 2. The summed E-state index contributed by atoms with van der Waals surface area (Å²) in [6.07, 6.45) is 3.96. The summed E-state index contributed by atoms with van der Waals surface area (Å²) in [5.41, 5.74) is -0.462. The molecular weight excluding hydrogens is 394 g/mol. The van der Waals surface area contributed by atoms with Gasteiger partial charge in [0.15, 0.2) is 0 Å². The van der Waals surface area contributed by atoms with Crippen molar-refractivity contribution in [2.45, 2.75) is 37.0 Å². The Morgan fingerprint density at radius 1 is 1.00 bits per heavy atom. The Morgan fingerprint density at radius 2 is 1.62 bits per heavy atom. The smallest absolute Gasteiger partial charge is 0.243 e. The van der Waals surface area contributed by atoms with Gasteiger partial charge in [-0.1, -0.05) is 12.8 Å². The summed E-state index contributed by atoms with van der Waals surface area (Å²) in [5, 5.41) is 0. The van der Waals surface area contributed by atoms with Crippen LogP contribution in [-0.4, -0.2) is 74.3 Å². The molecule has 2 amide bonds. The fourth-order valence-corrected chi connectivity index (χ4v) is 6.08. The van der Waals surface area contributed by atoms with E-state index in [9.17, 15) is 18.0 Å². The van der Waals surface area contributed by atoms with Crippen molar-refractivity contribution in [1.29, 1.82) is 0 Å². The average molecular weight is 422 g/mol. The van der Waals surface area contributed by atoms with Crippen molar-refractivity contribution in [3.05, 3.63) is 24.3 Å². The zero-order valence-electron chi connectivity index (χ0n) is 16.7. The number of piperazine rings is 1. The predicted octanol–water partition coefficient (Wildman–Crippen LogP) is 1.28. The number of benzene rings is 1. The molecule has 2 heterocycles. The second-order valence-corrected chi connectivity index (χ2v) is 10.1. The van der Waals surface area contributed by atoms with Gasteiger partial charge in [0.1, 0.15) is 5.75 Å². The van der Waals surface area contributed by atoms with Gasteiger partial charge in [0.2, 0.25) is 21.8 Å². The molecule has 0 aromatic heterocycles. The molecule has 4 rings (SSSR count). The molecule has 1 aromatic carbocycles. The Balaban J connectivity index is 1.37. The first-order chi connectivity index (χ1) is 13.9. The Labute approximate surface area is 171 Å². The van der Waals surface area contributed by atoms with Gasteiger partial charge in [0.25, 0.3) is 0 Å². The van der Waals surface area contributed by atoms with E-state index >= 15 is 0 Å². The SMILES string of the molecule is COc1ccc(S(=O)(=O)N2CCN(CN3C(=O)CC4(CCCC4)C3=O)CC2)cc1. The third-order valence-corrected chi connectivity index (χ3v) is 8.33. The standard InChI is InChI=1S/C20H27N3O5S/c1-28-16-4-6-17(7-5-16)29(26,27)22-12-10-21(11-13-22)15-23-18(24)14-20(19(23)25)8-2-3-9-20/h4-7H,2-3,8-15H2,1H3. The van der Waals surface area contributed by atoms with Crippen LogP contribution in [0.3, 0.4) is 0 Å². The monoisotopic (exact) mass is 421 g/mol. The summed E-state index contributed by atoms with van der Waals surface area (Å²) < 4.78 is 32.3. The molecule has 9 heteroatoms. The molecule has 1 spiro atoms. The molecule has 1 saturated carbocycles. The number of nitrogens with zero attached hydrogens (tertiary/aromatic N) is 3. The molecule has 3 aliphatic rings. The molecule has 1 aromatic rings. The van der Waals surface area contributed by atoms with Crippen LogP contribution in [0.4, 0.5) is 0 Å². The lowest BCUT2D eigenvalue weighted by Gasteiger charge is -2.35. The third-order valence-electron chi connectivity index (χ3n) is 6.42. The van der Waals surface area contributed by atoms with Gasteiger partial charge in [0.05, 0.1) is 24.1 Å². The van der Waals surface area contributed by atoms with Crippen molar-refractivity contribution in [2.24, 2.45) is 5.41 Å². The minimum atomic E-state index is -3.57. The normalized spacial score (nSPS) is 23.3. The van der Waals surface area contributed by atoms with Crippen LogP contribution in [0.5, 0.6) is 5.75 Å². The number of carbonyl (C=O) groups excluding carboxylic acids is 2. The molecule has 8 nitrogen and oxygen atoms in total. The number of sulfonamides is 1. The van der Waals surface area contributed by atoms with Crippen LogP contribution in [-0.2, 0) is 19.6 Å². The summed E-state index contributed by atoms with van der Waals surface area (Å²) in [7, 11) is -2.04. The van der Waals surface area contributed by atoms with Gasteiger partial charge in [-0.3, -0.25) is 19.4 Å². The van der Waals surface area contributed by atoms with Crippen LogP contribution in [0.1, 0.15) is 32.1 Å². The quantitative estimate of drug-likeness (QED) is 0.666. The van der Waals surface area contributed by atoms with Gasteiger partial charge >= 0.3 is 0 Å². The summed E-state index contributed by atoms with van der Waals surface area (Å²) in [6.45, 7) is 1.89. The molecule has 0 bridgehead atoms. The van der Waals surface area contributed by atoms with Gasteiger partial charge in [0, 0.05) is 32.6 Å². The predicted molar refractivity (Wildman–Crippen MR) is 106 cm³/mol. The van der Waals surface area contributed by atoms with E-state index in [1.165, 1.54) is 16.3 Å². The van der Waals surface area contributed by atoms with E-state index < -0.39 is 15.4 Å². The first-order valence-corrected chi connectivity index (χ1v) is 11.5.